The molecule has 0 saturated carbocycles. The SMILES string of the molecule is CN[C@H](C(=O)N[C@H](C(=O)N(C)[C@H](/C=C(\C)C(=O)N[C@H](CCC(=O)NCCN1C(=O)C=CC1=O)C(=O)OC(C)(C)C)C(C)C)C(C)(C)C)C(C)(C)c1cccc(C(F)(F)F)c1. The number of rotatable bonds is 18. The number of esters is 1. The minimum atomic E-state index is -4.59. The Hall–Kier alpha value is -5.06. The number of ether oxygens (including phenoxy) is 1. The Balaban J connectivity index is 2.29. The van der Waals surface area contributed by atoms with Gasteiger partial charge in [-0.05, 0) is 64.1 Å². The maximum absolute atomic E-state index is 14.3. The summed E-state index contributed by atoms with van der Waals surface area (Å²) in [6.45, 7) is 18.7. The van der Waals surface area contributed by atoms with Crippen molar-refractivity contribution in [2.45, 2.75) is 130 Å². The van der Waals surface area contributed by atoms with Crippen molar-refractivity contribution >= 4 is 41.4 Å². The fourth-order valence-electron chi connectivity index (χ4n) is 6.61. The fourth-order valence-corrected chi connectivity index (χ4v) is 6.61. The van der Waals surface area contributed by atoms with E-state index in [9.17, 15) is 46.7 Å². The summed E-state index contributed by atoms with van der Waals surface area (Å²) in [5.41, 5.74) is -3.35. The smallest absolute Gasteiger partial charge is 0.416 e. The number of carbonyl (C=O) groups excluding carboxylic acids is 7. The van der Waals surface area contributed by atoms with E-state index in [1.807, 2.05) is 13.8 Å². The Morgan fingerprint density at radius 2 is 1.45 bits per heavy atom. The van der Waals surface area contributed by atoms with Crippen LogP contribution in [0.2, 0.25) is 0 Å². The summed E-state index contributed by atoms with van der Waals surface area (Å²) in [5.74, 6) is -4.25. The highest BCUT2D eigenvalue weighted by Gasteiger charge is 2.43. The first-order chi connectivity index (χ1) is 27.4. The number of hydrogen-bond donors (Lipinski definition) is 4. The van der Waals surface area contributed by atoms with Crippen molar-refractivity contribution in [3.8, 4) is 0 Å². The summed E-state index contributed by atoms with van der Waals surface area (Å²) < 4.78 is 46.3. The van der Waals surface area contributed by atoms with E-state index in [-0.39, 0.29) is 43.0 Å². The maximum Gasteiger partial charge on any atom is 0.416 e. The minimum Gasteiger partial charge on any atom is -0.458 e. The standard InChI is InChI=1S/C43H63F3N6O8/c1-25(2)30(23-26(3)36(56)49-29(39(59)60-41(7,8)9)17-18-31(53)48-21-22-52-32(54)19-20-33(52)55)51(13)38(58)35(40(4,5)6)50-37(57)34(47-12)42(10,11)27-15-14-16-28(24-27)43(44,45)46/h14-16,19-20,23-25,29-30,34-35,47H,17-18,21-22H2,1-13H3,(H,48,53)(H,49,56)(H,50,57)/b26-23+/t29-,30-,34-,35-/m1/s1. The first kappa shape index (κ1) is 51.1. The predicted molar refractivity (Wildman–Crippen MR) is 220 cm³/mol. The van der Waals surface area contributed by atoms with E-state index in [4.69, 9.17) is 4.74 Å². The Bertz CT molecular complexity index is 1810. The molecule has 6 amide bonds. The second kappa shape index (κ2) is 20.5. The molecule has 17 heteroatoms. The number of halogens is 3. The molecule has 14 nitrogen and oxygen atoms in total. The van der Waals surface area contributed by atoms with Crippen LogP contribution in [0.15, 0.2) is 48.1 Å². The number of nitrogens with one attached hydrogen (secondary N) is 4. The molecule has 2 rings (SSSR count). The van der Waals surface area contributed by atoms with Crippen LogP contribution in [0.1, 0.15) is 100 Å². The van der Waals surface area contributed by atoms with Crippen molar-refractivity contribution in [1.82, 2.24) is 31.1 Å². The van der Waals surface area contributed by atoms with Crippen molar-refractivity contribution in [3.05, 3.63) is 59.2 Å². The summed E-state index contributed by atoms with van der Waals surface area (Å²) >= 11 is 0. The first-order valence-electron chi connectivity index (χ1n) is 19.9. The zero-order valence-electron chi connectivity index (χ0n) is 37.1. The van der Waals surface area contributed by atoms with Gasteiger partial charge in [0.15, 0.2) is 0 Å². The molecular formula is C43H63F3N6O8. The number of nitrogens with zero attached hydrogens (tertiary/aromatic N) is 2. The highest BCUT2D eigenvalue weighted by molar-refractivity contribution is 6.12. The molecule has 0 radical (unpaired) electrons. The third kappa shape index (κ3) is 14.3. The third-order valence-corrected chi connectivity index (χ3v) is 10.1. The number of carbonyl (C=O) groups is 7. The average Bonchev–Trinajstić information content (AvgIpc) is 3.44. The van der Waals surface area contributed by atoms with Gasteiger partial charge in [-0.15, -0.1) is 0 Å². The number of alkyl halides is 3. The molecule has 0 spiro atoms. The molecule has 0 aromatic heterocycles. The largest absolute Gasteiger partial charge is 0.458 e. The van der Waals surface area contributed by atoms with Gasteiger partial charge in [-0.1, -0.05) is 72.7 Å². The fraction of sp³-hybridized carbons (Fsp3) is 0.605. The van der Waals surface area contributed by atoms with Gasteiger partial charge in [0.25, 0.3) is 11.8 Å². The molecule has 1 heterocycles. The normalized spacial score (nSPS) is 15.9. The van der Waals surface area contributed by atoms with Crippen LogP contribution in [0, 0.1) is 11.3 Å². The van der Waals surface area contributed by atoms with Gasteiger partial charge >= 0.3 is 12.1 Å². The molecule has 1 aromatic rings. The highest BCUT2D eigenvalue weighted by Crippen LogP contribution is 2.35. The van der Waals surface area contributed by atoms with Gasteiger partial charge in [-0.3, -0.25) is 33.7 Å². The van der Waals surface area contributed by atoms with E-state index in [1.54, 1.807) is 61.5 Å². The molecule has 0 unspecified atom stereocenters. The summed E-state index contributed by atoms with van der Waals surface area (Å²) in [6, 6.07) is 0.670. The van der Waals surface area contributed by atoms with Crippen molar-refractivity contribution < 1.29 is 51.5 Å². The Morgan fingerprint density at radius 1 is 0.883 bits per heavy atom. The van der Waals surface area contributed by atoms with Crippen LogP contribution < -0.4 is 21.3 Å². The Labute approximate surface area is 351 Å². The zero-order valence-corrected chi connectivity index (χ0v) is 37.1. The Morgan fingerprint density at radius 3 is 1.95 bits per heavy atom. The van der Waals surface area contributed by atoms with Gasteiger partial charge < -0.3 is 30.9 Å². The lowest BCUT2D eigenvalue weighted by atomic mass is 9.76. The molecule has 60 heavy (non-hydrogen) atoms. The van der Waals surface area contributed by atoms with E-state index in [0.29, 0.717) is 0 Å². The molecule has 0 fully saturated rings. The highest BCUT2D eigenvalue weighted by atomic mass is 19.4. The van der Waals surface area contributed by atoms with Crippen molar-refractivity contribution in [2.24, 2.45) is 11.3 Å². The number of likely N-dealkylation sites (N-methyl/N-ethyl adjacent to an activating group) is 2. The lowest BCUT2D eigenvalue weighted by Crippen LogP contribution is -2.61. The monoisotopic (exact) mass is 848 g/mol. The van der Waals surface area contributed by atoms with Crippen LogP contribution >= 0.6 is 0 Å². The number of hydrogen-bond acceptors (Lipinski definition) is 9. The summed E-state index contributed by atoms with van der Waals surface area (Å²) in [5, 5.41) is 11.0. The van der Waals surface area contributed by atoms with Crippen LogP contribution in [0.5, 0.6) is 0 Å². The summed E-state index contributed by atoms with van der Waals surface area (Å²) in [6.07, 6.45) is -1.09. The van der Waals surface area contributed by atoms with Crippen LogP contribution in [-0.4, -0.2) is 108 Å². The molecule has 4 atom stereocenters. The number of amides is 6. The average molecular weight is 849 g/mol. The summed E-state index contributed by atoms with van der Waals surface area (Å²) in [7, 11) is 3.05. The van der Waals surface area contributed by atoms with Crippen molar-refractivity contribution in [3.63, 3.8) is 0 Å². The van der Waals surface area contributed by atoms with Gasteiger partial charge in [0.2, 0.25) is 23.6 Å². The van der Waals surface area contributed by atoms with E-state index in [2.05, 4.69) is 21.3 Å². The maximum atomic E-state index is 14.3. The number of imide groups is 1. The topological polar surface area (TPSA) is 183 Å². The van der Waals surface area contributed by atoms with E-state index < -0.39 is 93.8 Å². The van der Waals surface area contributed by atoms with Gasteiger partial charge in [0.1, 0.15) is 17.7 Å². The lowest BCUT2D eigenvalue weighted by molar-refractivity contribution is -0.158. The quantitative estimate of drug-likeness (QED) is 0.0957. The molecule has 1 aliphatic heterocycles. The summed E-state index contributed by atoms with van der Waals surface area (Å²) in [4.78, 5) is 93.8. The lowest BCUT2D eigenvalue weighted by Gasteiger charge is -2.40. The molecule has 4 N–H and O–H groups in total. The first-order valence-corrected chi connectivity index (χ1v) is 19.9. The predicted octanol–water partition coefficient (Wildman–Crippen LogP) is 4.18. The number of benzene rings is 1. The minimum absolute atomic E-state index is 0.0141. The van der Waals surface area contributed by atoms with Crippen molar-refractivity contribution in [2.75, 3.05) is 27.2 Å². The molecule has 1 aliphatic rings. The third-order valence-electron chi connectivity index (χ3n) is 10.1. The molecule has 334 valence electrons. The van der Waals surface area contributed by atoms with E-state index in [0.717, 1.165) is 29.2 Å². The molecule has 0 bridgehead atoms. The second-order valence-electron chi connectivity index (χ2n) is 18.0. The van der Waals surface area contributed by atoms with Crippen molar-refractivity contribution in [1.29, 1.82) is 0 Å². The zero-order chi connectivity index (χ0) is 46.1. The van der Waals surface area contributed by atoms with Crippen LogP contribution in [0.4, 0.5) is 13.2 Å². The van der Waals surface area contributed by atoms with Gasteiger partial charge in [-0.2, -0.15) is 13.2 Å². The molecule has 0 saturated heterocycles. The second-order valence-corrected chi connectivity index (χ2v) is 18.0. The molecular weight excluding hydrogens is 786 g/mol. The van der Waals surface area contributed by atoms with Gasteiger partial charge in [0.05, 0.1) is 17.6 Å². The molecule has 0 aliphatic carbocycles. The van der Waals surface area contributed by atoms with Gasteiger partial charge in [0, 0.05) is 49.7 Å². The van der Waals surface area contributed by atoms with E-state index in [1.165, 1.54) is 38.1 Å². The van der Waals surface area contributed by atoms with E-state index >= 15 is 0 Å². The Kier molecular flexibility index (Phi) is 17.4. The van der Waals surface area contributed by atoms with Crippen LogP contribution in [0.25, 0.3) is 0 Å². The van der Waals surface area contributed by atoms with Crippen LogP contribution in [0.3, 0.4) is 0 Å². The molecule has 1 aromatic carbocycles. The van der Waals surface area contributed by atoms with Gasteiger partial charge in [-0.25, -0.2) is 4.79 Å². The van der Waals surface area contributed by atoms with Crippen LogP contribution in [-0.2, 0) is 49.9 Å².